The Balaban J connectivity index is 3.41. The maximum absolute atomic E-state index is 5.86. The molecule has 0 fully saturated rings. The van der Waals surface area contributed by atoms with E-state index in [4.69, 9.17) is 10.5 Å². The van der Waals surface area contributed by atoms with Crippen molar-refractivity contribution in [2.45, 2.75) is 77.7 Å². The van der Waals surface area contributed by atoms with Gasteiger partial charge in [-0.1, -0.05) is 51.9 Å². The summed E-state index contributed by atoms with van der Waals surface area (Å²) in [5, 5.41) is 0. The largest absolute Gasteiger partial charge is 0.375 e. The van der Waals surface area contributed by atoms with Crippen molar-refractivity contribution in [3.8, 4) is 0 Å². The number of nitrogens with two attached hydrogens (primary N) is 1. The molecule has 0 aromatic carbocycles. The Kier molecular flexibility index (Phi) is 13.5. The van der Waals surface area contributed by atoms with Crippen LogP contribution in [0.15, 0.2) is 0 Å². The van der Waals surface area contributed by atoms with E-state index in [9.17, 15) is 0 Å². The number of rotatable bonds is 15. The first kappa shape index (κ1) is 20.9. The molecule has 128 valence electrons. The van der Waals surface area contributed by atoms with E-state index in [0.29, 0.717) is 6.04 Å². The van der Waals surface area contributed by atoms with Gasteiger partial charge in [-0.05, 0) is 19.9 Å². The van der Waals surface area contributed by atoms with Crippen LogP contribution >= 0.6 is 0 Å². The Labute approximate surface area is 133 Å². The number of hydrogen-bond donors (Lipinski definition) is 1. The Morgan fingerprint density at radius 1 is 0.905 bits per heavy atom. The molecule has 2 N–H and O–H groups in total. The van der Waals surface area contributed by atoms with Crippen LogP contribution in [0.25, 0.3) is 0 Å². The first-order valence-electron chi connectivity index (χ1n) is 9.15. The zero-order valence-electron chi connectivity index (χ0n) is 15.2. The first-order valence-corrected chi connectivity index (χ1v) is 9.15. The second-order valence-corrected chi connectivity index (χ2v) is 7.04. The molecule has 0 bridgehead atoms. The van der Waals surface area contributed by atoms with Crippen molar-refractivity contribution in [3.05, 3.63) is 0 Å². The fourth-order valence-corrected chi connectivity index (χ4v) is 2.51. The zero-order valence-corrected chi connectivity index (χ0v) is 15.2. The molecule has 0 aliphatic heterocycles. The van der Waals surface area contributed by atoms with Gasteiger partial charge in [0.1, 0.15) is 6.04 Å². The molecule has 0 saturated carbocycles. The molecular formula is C18H41N2O+. The predicted octanol–water partition coefficient (Wildman–Crippen LogP) is 3.96. The predicted molar refractivity (Wildman–Crippen MR) is 93.5 cm³/mol. The number of hydrogen-bond acceptors (Lipinski definition) is 2. The number of likely N-dealkylation sites (N-methyl/N-ethyl adjacent to an activating group) is 1. The van der Waals surface area contributed by atoms with Gasteiger partial charge in [-0.2, -0.15) is 0 Å². The van der Waals surface area contributed by atoms with Crippen molar-refractivity contribution >= 4 is 0 Å². The Hall–Kier alpha value is -0.120. The minimum atomic E-state index is 0.547. The minimum absolute atomic E-state index is 0.547. The third kappa shape index (κ3) is 12.1. The fraction of sp³-hybridized carbons (Fsp3) is 1.00. The maximum Gasteiger partial charge on any atom is 0.109 e. The van der Waals surface area contributed by atoms with Crippen molar-refractivity contribution in [1.29, 1.82) is 0 Å². The number of unbranched alkanes of at least 4 members (excludes halogenated alkanes) is 7. The monoisotopic (exact) mass is 301 g/mol. The topological polar surface area (TPSA) is 35.2 Å². The highest BCUT2D eigenvalue weighted by Crippen LogP contribution is 2.10. The summed E-state index contributed by atoms with van der Waals surface area (Å²) in [6.07, 6.45) is 12.0. The molecule has 0 radical (unpaired) electrons. The molecule has 0 heterocycles. The maximum atomic E-state index is 5.86. The van der Waals surface area contributed by atoms with Gasteiger partial charge < -0.3 is 15.0 Å². The number of ether oxygens (including phenoxy) is 1. The fourth-order valence-electron chi connectivity index (χ4n) is 2.51. The summed E-state index contributed by atoms with van der Waals surface area (Å²) in [4.78, 5) is 0. The van der Waals surface area contributed by atoms with Gasteiger partial charge in [-0.15, -0.1) is 0 Å². The summed E-state index contributed by atoms with van der Waals surface area (Å²) in [5.74, 6) is 0. The molecular weight excluding hydrogens is 260 g/mol. The van der Waals surface area contributed by atoms with Crippen LogP contribution in [0, 0.1) is 0 Å². The van der Waals surface area contributed by atoms with Crippen LogP contribution < -0.4 is 5.73 Å². The lowest BCUT2D eigenvalue weighted by atomic mass is 10.1. The third-order valence-corrected chi connectivity index (χ3v) is 4.63. The SMILES string of the molecule is CCCCCCCCCCOCC(C)[N+](C)(C)CCCN. The standard InChI is InChI=1S/C18H41N2O/c1-5-6-7-8-9-10-11-12-16-21-17-18(2)20(3,4)15-13-14-19/h18H,5-17,19H2,1-4H3/q+1. The summed E-state index contributed by atoms with van der Waals surface area (Å²) >= 11 is 0. The lowest BCUT2D eigenvalue weighted by Crippen LogP contribution is -2.50. The highest BCUT2D eigenvalue weighted by Gasteiger charge is 2.23. The quantitative estimate of drug-likeness (QED) is 0.367. The van der Waals surface area contributed by atoms with Crippen LogP contribution in [0.3, 0.4) is 0 Å². The van der Waals surface area contributed by atoms with E-state index < -0.39 is 0 Å². The summed E-state index contributed by atoms with van der Waals surface area (Å²) < 4.78 is 6.87. The van der Waals surface area contributed by atoms with Crippen LogP contribution in [0.2, 0.25) is 0 Å². The van der Waals surface area contributed by atoms with Crippen molar-refractivity contribution in [1.82, 2.24) is 0 Å². The molecule has 0 aliphatic rings. The average Bonchev–Trinajstić information content (AvgIpc) is 2.46. The molecule has 0 spiro atoms. The van der Waals surface area contributed by atoms with E-state index in [1.54, 1.807) is 0 Å². The molecule has 1 unspecified atom stereocenters. The summed E-state index contributed by atoms with van der Waals surface area (Å²) in [6.45, 7) is 8.27. The molecule has 0 saturated heterocycles. The average molecular weight is 302 g/mol. The highest BCUT2D eigenvalue weighted by atomic mass is 16.5. The van der Waals surface area contributed by atoms with Gasteiger partial charge >= 0.3 is 0 Å². The molecule has 3 heteroatoms. The van der Waals surface area contributed by atoms with Gasteiger partial charge in [0.25, 0.3) is 0 Å². The molecule has 0 aromatic heterocycles. The Bertz CT molecular complexity index is 219. The van der Waals surface area contributed by atoms with E-state index in [0.717, 1.165) is 37.2 Å². The van der Waals surface area contributed by atoms with E-state index in [2.05, 4.69) is 27.9 Å². The molecule has 0 rings (SSSR count). The summed E-state index contributed by atoms with van der Waals surface area (Å²) in [7, 11) is 4.56. The number of nitrogens with zero attached hydrogens (tertiary/aromatic N) is 1. The van der Waals surface area contributed by atoms with E-state index in [1.165, 1.54) is 51.4 Å². The highest BCUT2D eigenvalue weighted by molar-refractivity contribution is 4.51. The van der Waals surface area contributed by atoms with E-state index in [1.807, 2.05) is 0 Å². The summed E-state index contributed by atoms with van der Waals surface area (Å²) in [5.41, 5.74) is 5.60. The molecule has 0 amide bonds. The van der Waals surface area contributed by atoms with Gasteiger partial charge in [-0.25, -0.2) is 0 Å². The normalized spacial score (nSPS) is 13.6. The van der Waals surface area contributed by atoms with Gasteiger partial charge in [-0.3, -0.25) is 0 Å². The molecule has 0 aliphatic carbocycles. The Morgan fingerprint density at radius 2 is 1.48 bits per heavy atom. The van der Waals surface area contributed by atoms with Gasteiger partial charge in [0.2, 0.25) is 0 Å². The molecule has 1 atom stereocenters. The second-order valence-electron chi connectivity index (χ2n) is 7.04. The lowest BCUT2D eigenvalue weighted by molar-refractivity contribution is -0.913. The van der Waals surface area contributed by atoms with E-state index in [-0.39, 0.29) is 0 Å². The minimum Gasteiger partial charge on any atom is -0.375 e. The van der Waals surface area contributed by atoms with Gasteiger partial charge in [0, 0.05) is 13.0 Å². The van der Waals surface area contributed by atoms with Crippen LogP contribution in [-0.2, 0) is 4.74 Å². The molecule has 0 aromatic rings. The van der Waals surface area contributed by atoms with Crippen LogP contribution in [0.4, 0.5) is 0 Å². The molecule has 21 heavy (non-hydrogen) atoms. The smallest absolute Gasteiger partial charge is 0.109 e. The van der Waals surface area contributed by atoms with Crippen LogP contribution in [-0.4, -0.2) is 50.9 Å². The van der Waals surface area contributed by atoms with E-state index >= 15 is 0 Å². The van der Waals surface area contributed by atoms with Crippen molar-refractivity contribution in [3.63, 3.8) is 0 Å². The van der Waals surface area contributed by atoms with Crippen LogP contribution in [0.5, 0.6) is 0 Å². The zero-order chi connectivity index (χ0) is 16.0. The molecule has 3 nitrogen and oxygen atoms in total. The van der Waals surface area contributed by atoms with Gasteiger partial charge in [0.05, 0.1) is 27.2 Å². The van der Waals surface area contributed by atoms with Crippen molar-refractivity contribution < 1.29 is 9.22 Å². The second kappa shape index (κ2) is 13.5. The number of quaternary nitrogens is 1. The Morgan fingerprint density at radius 3 is 2.05 bits per heavy atom. The van der Waals surface area contributed by atoms with Crippen molar-refractivity contribution in [2.75, 3.05) is 40.4 Å². The van der Waals surface area contributed by atoms with Crippen LogP contribution in [0.1, 0.15) is 71.6 Å². The van der Waals surface area contributed by atoms with Gasteiger partial charge in [0.15, 0.2) is 0 Å². The first-order chi connectivity index (χ1) is 10.0. The van der Waals surface area contributed by atoms with Crippen molar-refractivity contribution in [2.24, 2.45) is 5.73 Å². The lowest BCUT2D eigenvalue weighted by Gasteiger charge is -2.36. The summed E-state index contributed by atoms with van der Waals surface area (Å²) in [6, 6.07) is 0.547. The third-order valence-electron chi connectivity index (χ3n) is 4.63.